The van der Waals surface area contributed by atoms with Gasteiger partial charge in [-0.1, -0.05) is 31.0 Å². The number of anilines is 1. The first kappa shape index (κ1) is 23.1. The maximum atomic E-state index is 12.8. The van der Waals surface area contributed by atoms with Crippen LogP contribution in [0.4, 0.5) is 5.82 Å². The molecule has 1 aliphatic carbocycles. The molecule has 0 aromatic carbocycles. The molecule has 3 aromatic rings. The first-order valence-electron chi connectivity index (χ1n) is 11.3. The number of thioether (sulfide) groups is 1. The Kier molecular flexibility index (Phi) is 6.84. The van der Waals surface area contributed by atoms with Crippen LogP contribution < -0.4 is 5.32 Å². The van der Waals surface area contributed by atoms with Gasteiger partial charge in [0.2, 0.25) is 5.91 Å². The number of aryl methyl sites for hydroxylation is 2. The lowest BCUT2D eigenvalue weighted by Gasteiger charge is -2.27. The molecular weight excluding hydrogens is 434 g/mol. The van der Waals surface area contributed by atoms with E-state index in [0.29, 0.717) is 28.3 Å². The van der Waals surface area contributed by atoms with Crippen LogP contribution >= 0.6 is 11.8 Å². The van der Waals surface area contributed by atoms with Gasteiger partial charge in [-0.05, 0) is 64.3 Å². The van der Waals surface area contributed by atoms with Gasteiger partial charge in [0.25, 0.3) is 0 Å². The van der Waals surface area contributed by atoms with E-state index in [9.17, 15) is 10.1 Å². The van der Waals surface area contributed by atoms with Gasteiger partial charge in [-0.2, -0.15) is 10.4 Å². The molecule has 0 bridgehead atoms. The Bertz CT molecular complexity index is 1200. The van der Waals surface area contributed by atoms with Gasteiger partial charge in [0, 0.05) is 17.4 Å². The first-order valence-corrected chi connectivity index (χ1v) is 12.3. The fourth-order valence-corrected chi connectivity index (χ4v) is 5.17. The van der Waals surface area contributed by atoms with Gasteiger partial charge in [-0.3, -0.25) is 4.79 Å². The number of aromatic nitrogens is 5. The zero-order valence-electron chi connectivity index (χ0n) is 19.6. The third-order valence-corrected chi connectivity index (χ3v) is 7.19. The van der Waals surface area contributed by atoms with Crippen LogP contribution in [0.5, 0.6) is 0 Å². The maximum Gasteiger partial charge on any atom is 0.235 e. The third-order valence-electron chi connectivity index (χ3n) is 6.27. The molecule has 9 heteroatoms. The van der Waals surface area contributed by atoms with Crippen molar-refractivity contribution in [1.82, 2.24) is 24.5 Å². The molecule has 0 radical (unpaired) electrons. The number of carbonyl (C=O) groups is 1. The summed E-state index contributed by atoms with van der Waals surface area (Å²) in [6.45, 7) is 7.90. The minimum atomic E-state index is -0.157. The second-order valence-corrected chi connectivity index (χ2v) is 9.61. The number of carbonyl (C=O) groups excluding carboxylic acids is 1. The summed E-state index contributed by atoms with van der Waals surface area (Å²) in [5.41, 5.74) is 4.47. The molecule has 0 saturated heterocycles. The van der Waals surface area contributed by atoms with Gasteiger partial charge in [-0.25, -0.2) is 4.68 Å². The molecule has 3 heterocycles. The Labute approximate surface area is 198 Å². The van der Waals surface area contributed by atoms with Crippen molar-refractivity contribution >= 4 is 23.5 Å². The van der Waals surface area contributed by atoms with Crippen molar-refractivity contribution < 1.29 is 4.79 Å². The lowest BCUT2D eigenvalue weighted by molar-refractivity contribution is -0.113. The molecule has 0 unspecified atom stereocenters. The van der Waals surface area contributed by atoms with Crippen LogP contribution in [-0.2, 0) is 4.79 Å². The van der Waals surface area contributed by atoms with Crippen LogP contribution in [0.25, 0.3) is 5.82 Å². The molecule has 4 rings (SSSR count). The summed E-state index contributed by atoms with van der Waals surface area (Å²) in [6, 6.07) is 8.30. The molecule has 1 fully saturated rings. The van der Waals surface area contributed by atoms with Gasteiger partial charge in [0.15, 0.2) is 5.82 Å². The Hall–Kier alpha value is -3.12. The van der Waals surface area contributed by atoms with E-state index in [1.807, 2.05) is 45.9 Å². The number of hydrogen-bond acceptors (Lipinski definition) is 6. The molecule has 1 aliphatic rings. The van der Waals surface area contributed by atoms with Crippen LogP contribution in [-0.4, -0.2) is 36.2 Å². The summed E-state index contributed by atoms with van der Waals surface area (Å²) in [7, 11) is 0. The number of hydrogen-bond donors (Lipinski definition) is 1. The second kappa shape index (κ2) is 9.79. The van der Waals surface area contributed by atoms with Crippen molar-refractivity contribution in [3.8, 4) is 11.9 Å². The van der Waals surface area contributed by atoms with Crippen molar-refractivity contribution in [2.24, 2.45) is 0 Å². The fourth-order valence-electron chi connectivity index (χ4n) is 4.55. The largest absolute Gasteiger partial charge is 0.327 e. The van der Waals surface area contributed by atoms with E-state index >= 15 is 0 Å². The molecule has 1 saturated carbocycles. The number of nitrogens with zero attached hydrogens (tertiary/aromatic N) is 6. The number of amides is 1. The highest BCUT2D eigenvalue weighted by molar-refractivity contribution is 7.99. The Morgan fingerprint density at radius 3 is 2.55 bits per heavy atom. The van der Waals surface area contributed by atoms with Crippen molar-refractivity contribution in [3.63, 3.8) is 0 Å². The summed E-state index contributed by atoms with van der Waals surface area (Å²) < 4.78 is 3.93. The molecule has 172 valence electrons. The number of nitrogens with one attached hydrogen (secondary N) is 1. The van der Waals surface area contributed by atoms with Crippen LogP contribution in [0.1, 0.15) is 66.4 Å². The number of nitriles is 1. The van der Waals surface area contributed by atoms with Crippen LogP contribution in [0.3, 0.4) is 0 Å². The van der Waals surface area contributed by atoms with E-state index in [0.717, 1.165) is 35.5 Å². The monoisotopic (exact) mass is 463 g/mol. The predicted octanol–water partition coefficient (Wildman–Crippen LogP) is 4.81. The summed E-state index contributed by atoms with van der Waals surface area (Å²) in [5.74, 6) is 1.31. The smallest absolute Gasteiger partial charge is 0.235 e. The molecular formula is C24H29N7OS. The SMILES string of the molecule is Cc1cc(C)n(-c2ccc(SCC(=O)Nc3c(C#N)c(C)c(C)n3C3CCCCC3)nn2)n1. The van der Waals surface area contributed by atoms with Gasteiger partial charge >= 0.3 is 0 Å². The summed E-state index contributed by atoms with van der Waals surface area (Å²) in [5, 5.41) is 26.3. The summed E-state index contributed by atoms with van der Waals surface area (Å²) in [6.07, 6.45) is 5.76. The minimum Gasteiger partial charge on any atom is -0.327 e. The molecule has 1 amide bonds. The highest BCUT2D eigenvalue weighted by atomic mass is 32.2. The Morgan fingerprint density at radius 2 is 1.94 bits per heavy atom. The van der Waals surface area contributed by atoms with E-state index in [-0.39, 0.29) is 11.7 Å². The predicted molar refractivity (Wildman–Crippen MR) is 129 cm³/mol. The normalized spacial score (nSPS) is 14.3. The summed E-state index contributed by atoms with van der Waals surface area (Å²) in [4.78, 5) is 12.8. The van der Waals surface area contributed by atoms with Gasteiger partial charge in [-0.15, -0.1) is 10.2 Å². The first-order chi connectivity index (χ1) is 15.9. The van der Waals surface area contributed by atoms with Gasteiger partial charge in [0.05, 0.1) is 17.0 Å². The Balaban J connectivity index is 1.45. The van der Waals surface area contributed by atoms with Crippen LogP contribution in [0, 0.1) is 39.0 Å². The Morgan fingerprint density at radius 1 is 1.18 bits per heavy atom. The zero-order valence-corrected chi connectivity index (χ0v) is 20.4. The van der Waals surface area contributed by atoms with Gasteiger partial charge < -0.3 is 9.88 Å². The lowest BCUT2D eigenvalue weighted by atomic mass is 9.95. The van der Waals surface area contributed by atoms with E-state index in [1.54, 1.807) is 4.68 Å². The molecule has 33 heavy (non-hydrogen) atoms. The fraction of sp³-hybridized carbons (Fsp3) is 0.458. The molecule has 0 atom stereocenters. The van der Waals surface area contributed by atoms with Crippen LogP contribution in [0.15, 0.2) is 23.2 Å². The molecule has 0 aliphatic heterocycles. The molecule has 3 aromatic heterocycles. The molecule has 0 spiro atoms. The lowest BCUT2D eigenvalue weighted by Crippen LogP contribution is -2.21. The van der Waals surface area contributed by atoms with E-state index in [1.165, 1.54) is 31.0 Å². The third kappa shape index (κ3) is 4.81. The standard InChI is InChI=1S/C24H29N7OS/c1-15-12-16(2)31(29-15)21-10-11-23(28-27-21)33-14-22(32)26-24-20(13-25)17(3)18(4)30(24)19-8-6-5-7-9-19/h10-12,19H,5-9,14H2,1-4H3,(H,26,32). The van der Waals surface area contributed by atoms with Crippen LogP contribution in [0.2, 0.25) is 0 Å². The quantitative estimate of drug-likeness (QED) is 0.527. The van der Waals surface area contributed by atoms with Crippen molar-refractivity contribution in [2.75, 3.05) is 11.1 Å². The van der Waals surface area contributed by atoms with E-state index in [4.69, 9.17) is 0 Å². The van der Waals surface area contributed by atoms with E-state index in [2.05, 4.69) is 31.2 Å². The van der Waals surface area contributed by atoms with Gasteiger partial charge in [0.1, 0.15) is 16.9 Å². The zero-order chi connectivity index (χ0) is 23.5. The van der Waals surface area contributed by atoms with Crippen molar-refractivity contribution in [1.29, 1.82) is 5.26 Å². The average molecular weight is 464 g/mol. The minimum absolute atomic E-state index is 0.157. The second-order valence-electron chi connectivity index (χ2n) is 8.61. The van der Waals surface area contributed by atoms with E-state index < -0.39 is 0 Å². The topological polar surface area (TPSA) is 101 Å². The highest BCUT2D eigenvalue weighted by Gasteiger charge is 2.25. The average Bonchev–Trinajstić information content (AvgIpc) is 3.27. The van der Waals surface area contributed by atoms with Crippen molar-refractivity contribution in [2.45, 2.75) is 70.9 Å². The maximum absolute atomic E-state index is 12.8. The highest BCUT2D eigenvalue weighted by Crippen LogP contribution is 2.36. The summed E-state index contributed by atoms with van der Waals surface area (Å²) >= 11 is 1.32. The molecule has 1 N–H and O–H groups in total. The molecule has 8 nitrogen and oxygen atoms in total. The number of rotatable bonds is 6. The van der Waals surface area contributed by atoms with Crippen molar-refractivity contribution in [3.05, 3.63) is 46.4 Å².